The second-order valence-corrected chi connectivity index (χ2v) is 10.4. The van der Waals surface area contributed by atoms with Crippen molar-refractivity contribution in [3.63, 3.8) is 0 Å². The Labute approximate surface area is 210 Å². The number of piperazine rings is 1. The number of hydrogen-bond donors (Lipinski definition) is 1. The van der Waals surface area contributed by atoms with Gasteiger partial charge in [0.25, 0.3) is 5.56 Å². The van der Waals surface area contributed by atoms with E-state index < -0.39 is 0 Å². The van der Waals surface area contributed by atoms with E-state index in [4.69, 9.17) is 4.74 Å². The van der Waals surface area contributed by atoms with Crippen molar-refractivity contribution in [2.45, 2.75) is 39.3 Å². The Bertz CT molecular complexity index is 1410. The first-order valence-electron chi connectivity index (χ1n) is 12.3. The Balaban J connectivity index is 1.53. The molecule has 0 amide bonds. The number of fused-ring (bicyclic) bond motifs is 1. The second-order valence-electron chi connectivity index (χ2n) is 10.4. The molecule has 0 saturated carbocycles. The van der Waals surface area contributed by atoms with E-state index in [0.29, 0.717) is 11.4 Å². The van der Waals surface area contributed by atoms with E-state index in [1.165, 1.54) is 0 Å². The highest BCUT2D eigenvalue weighted by Gasteiger charge is 2.35. The molecule has 5 rings (SSSR count). The Morgan fingerprint density at radius 3 is 2.39 bits per heavy atom. The molecule has 9 nitrogen and oxygen atoms in total. The molecule has 1 aliphatic heterocycles. The fourth-order valence-corrected chi connectivity index (χ4v) is 4.92. The van der Waals surface area contributed by atoms with Crippen molar-refractivity contribution in [1.29, 1.82) is 0 Å². The first kappa shape index (κ1) is 24.0. The lowest BCUT2D eigenvalue weighted by molar-refractivity contribution is 0.190. The number of aryl methyl sites for hydroxylation is 1. The van der Waals surface area contributed by atoms with Gasteiger partial charge >= 0.3 is 0 Å². The maximum absolute atomic E-state index is 13.4. The number of benzene rings is 2. The lowest BCUT2D eigenvalue weighted by Crippen LogP contribution is -2.49. The largest absolute Gasteiger partial charge is 0.497 e. The molecule has 1 fully saturated rings. The first-order valence-corrected chi connectivity index (χ1v) is 12.3. The predicted molar refractivity (Wildman–Crippen MR) is 141 cm³/mol. The van der Waals surface area contributed by atoms with Crippen molar-refractivity contribution in [2.75, 3.05) is 38.2 Å². The minimum absolute atomic E-state index is 0.114. The standard InChI is InChI=1S/C27H33N7O2/c1-18-6-11-23-19(16-18)17-22(26(35)28-23)24(25-29-30-31-34(25)27(2,3)4)33-14-12-32(13-15-33)20-7-9-21(36-5)10-8-20/h6-11,16-17,24H,12-15H2,1-5H3,(H,28,35)/t24-/m0/s1. The van der Waals surface area contributed by atoms with Crippen LogP contribution in [0.1, 0.15) is 43.8 Å². The number of methoxy groups -OCH3 is 1. The fraction of sp³-hybridized carbons (Fsp3) is 0.407. The van der Waals surface area contributed by atoms with E-state index in [1.54, 1.807) is 7.11 Å². The highest BCUT2D eigenvalue weighted by Crippen LogP contribution is 2.31. The van der Waals surface area contributed by atoms with Crippen LogP contribution in [0.15, 0.2) is 53.3 Å². The molecule has 36 heavy (non-hydrogen) atoms. The zero-order valence-corrected chi connectivity index (χ0v) is 21.5. The molecule has 4 aromatic rings. The second kappa shape index (κ2) is 9.39. The number of rotatable bonds is 5. The van der Waals surface area contributed by atoms with Gasteiger partial charge in [0, 0.05) is 42.9 Å². The number of hydrogen-bond acceptors (Lipinski definition) is 7. The van der Waals surface area contributed by atoms with Gasteiger partial charge in [0.15, 0.2) is 5.82 Å². The van der Waals surface area contributed by atoms with Gasteiger partial charge in [0.2, 0.25) is 0 Å². The third-order valence-electron chi connectivity index (χ3n) is 6.81. The molecule has 0 aliphatic carbocycles. The molecule has 0 spiro atoms. The number of nitrogens with one attached hydrogen (secondary N) is 1. The summed E-state index contributed by atoms with van der Waals surface area (Å²) in [6, 6.07) is 15.8. The monoisotopic (exact) mass is 487 g/mol. The van der Waals surface area contributed by atoms with Crippen LogP contribution in [0.2, 0.25) is 0 Å². The number of aromatic amines is 1. The molecule has 0 bridgehead atoms. The van der Waals surface area contributed by atoms with Gasteiger partial charge in [-0.25, -0.2) is 4.68 Å². The first-order chi connectivity index (χ1) is 17.2. The van der Waals surface area contributed by atoms with Crippen molar-refractivity contribution in [1.82, 2.24) is 30.1 Å². The van der Waals surface area contributed by atoms with Crippen LogP contribution in [-0.2, 0) is 5.54 Å². The van der Waals surface area contributed by atoms with Gasteiger partial charge in [0.1, 0.15) is 11.8 Å². The normalized spacial score (nSPS) is 15.9. The Morgan fingerprint density at radius 2 is 1.72 bits per heavy atom. The van der Waals surface area contributed by atoms with Gasteiger partial charge in [-0.1, -0.05) is 11.6 Å². The number of nitrogens with zero attached hydrogens (tertiary/aromatic N) is 6. The summed E-state index contributed by atoms with van der Waals surface area (Å²) in [5, 5.41) is 13.8. The maximum Gasteiger partial charge on any atom is 0.253 e. The number of ether oxygens (including phenoxy) is 1. The van der Waals surface area contributed by atoms with Crippen molar-refractivity contribution in [3.05, 3.63) is 75.8 Å². The Morgan fingerprint density at radius 1 is 1.00 bits per heavy atom. The lowest BCUT2D eigenvalue weighted by atomic mass is 10.0. The summed E-state index contributed by atoms with van der Waals surface area (Å²) in [6.07, 6.45) is 0. The van der Waals surface area contributed by atoms with Gasteiger partial charge < -0.3 is 14.6 Å². The average Bonchev–Trinajstić information content (AvgIpc) is 3.36. The van der Waals surface area contributed by atoms with Crippen LogP contribution in [0.5, 0.6) is 5.75 Å². The smallest absolute Gasteiger partial charge is 0.253 e. The lowest BCUT2D eigenvalue weighted by Gasteiger charge is -2.40. The van der Waals surface area contributed by atoms with Gasteiger partial charge in [-0.05, 0) is 86.0 Å². The minimum atomic E-state index is -0.370. The number of H-pyrrole nitrogens is 1. The molecule has 2 aromatic heterocycles. The summed E-state index contributed by atoms with van der Waals surface area (Å²) >= 11 is 0. The third-order valence-corrected chi connectivity index (χ3v) is 6.81. The van der Waals surface area contributed by atoms with E-state index in [9.17, 15) is 4.79 Å². The van der Waals surface area contributed by atoms with E-state index in [2.05, 4.69) is 76.2 Å². The topological polar surface area (TPSA) is 92.2 Å². The molecular formula is C27H33N7O2. The molecule has 1 saturated heterocycles. The number of tetrazole rings is 1. The molecule has 0 unspecified atom stereocenters. The zero-order chi connectivity index (χ0) is 25.4. The van der Waals surface area contributed by atoms with Crippen LogP contribution >= 0.6 is 0 Å². The molecular weight excluding hydrogens is 454 g/mol. The van der Waals surface area contributed by atoms with E-state index in [-0.39, 0.29) is 17.1 Å². The third kappa shape index (κ3) is 4.58. The molecule has 188 valence electrons. The Hall–Kier alpha value is -3.72. The SMILES string of the molecule is COc1ccc(N2CCN([C@@H](c3cc4cc(C)ccc4[nH]c3=O)c3nnnn3C(C)(C)C)CC2)cc1. The Kier molecular flexibility index (Phi) is 6.26. The molecule has 2 aromatic carbocycles. The fourth-order valence-electron chi connectivity index (χ4n) is 4.92. The molecule has 0 radical (unpaired) electrons. The van der Waals surface area contributed by atoms with Crippen LogP contribution in [0.4, 0.5) is 5.69 Å². The number of anilines is 1. The summed E-state index contributed by atoms with van der Waals surface area (Å²) in [5.41, 5.74) is 3.34. The van der Waals surface area contributed by atoms with Gasteiger partial charge in [-0.15, -0.1) is 5.10 Å². The molecule has 3 heterocycles. The molecule has 9 heteroatoms. The van der Waals surface area contributed by atoms with Gasteiger partial charge in [0.05, 0.1) is 12.6 Å². The average molecular weight is 488 g/mol. The summed E-state index contributed by atoms with van der Waals surface area (Å²) in [5.74, 6) is 1.52. The van der Waals surface area contributed by atoms with Gasteiger partial charge in [-0.2, -0.15) is 0 Å². The van der Waals surface area contributed by atoms with Crippen molar-refractivity contribution < 1.29 is 4.74 Å². The van der Waals surface area contributed by atoms with Crippen molar-refractivity contribution in [2.24, 2.45) is 0 Å². The summed E-state index contributed by atoms with van der Waals surface area (Å²) < 4.78 is 7.14. The number of pyridine rings is 1. The van der Waals surface area contributed by atoms with E-state index in [0.717, 1.165) is 54.1 Å². The highest BCUT2D eigenvalue weighted by atomic mass is 16.5. The van der Waals surface area contributed by atoms with Crippen molar-refractivity contribution in [3.8, 4) is 5.75 Å². The highest BCUT2D eigenvalue weighted by molar-refractivity contribution is 5.79. The minimum Gasteiger partial charge on any atom is -0.497 e. The zero-order valence-electron chi connectivity index (χ0n) is 21.5. The predicted octanol–water partition coefficient (Wildman–Crippen LogP) is 3.50. The quantitative estimate of drug-likeness (QED) is 0.461. The van der Waals surface area contributed by atoms with E-state index in [1.807, 2.05) is 35.0 Å². The van der Waals surface area contributed by atoms with Crippen LogP contribution in [-0.4, -0.2) is 63.4 Å². The van der Waals surface area contributed by atoms with Crippen LogP contribution in [0.25, 0.3) is 10.9 Å². The number of aromatic nitrogens is 5. The maximum atomic E-state index is 13.4. The molecule has 1 aliphatic rings. The van der Waals surface area contributed by atoms with Crippen molar-refractivity contribution >= 4 is 16.6 Å². The van der Waals surface area contributed by atoms with Crippen LogP contribution < -0.4 is 15.2 Å². The summed E-state index contributed by atoms with van der Waals surface area (Å²) in [6.45, 7) is 11.4. The van der Waals surface area contributed by atoms with Gasteiger partial charge in [-0.3, -0.25) is 9.69 Å². The van der Waals surface area contributed by atoms with Crippen LogP contribution in [0, 0.1) is 6.92 Å². The summed E-state index contributed by atoms with van der Waals surface area (Å²) in [7, 11) is 1.68. The molecule has 1 atom stereocenters. The summed E-state index contributed by atoms with van der Waals surface area (Å²) in [4.78, 5) is 21.2. The van der Waals surface area contributed by atoms with Crippen LogP contribution in [0.3, 0.4) is 0 Å². The van der Waals surface area contributed by atoms with E-state index >= 15 is 0 Å². The molecule has 1 N–H and O–H groups in total.